The van der Waals surface area contributed by atoms with Gasteiger partial charge in [-0.3, -0.25) is 4.79 Å². The van der Waals surface area contributed by atoms with E-state index < -0.39 is 5.60 Å². The Kier molecular flexibility index (Phi) is 6.50. The number of fused-ring (bicyclic) bond motifs is 1. The number of rotatable bonds is 4. The van der Waals surface area contributed by atoms with E-state index in [2.05, 4.69) is 21.2 Å². The number of ether oxygens (including phenoxy) is 1. The molecule has 3 N–H and O–H groups in total. The Hall–Kier alpha value is -2.12. The van der Waals surface area contributed by atoms with Crippen molar-refractivity contribution in [1.29, 1.82) is 0 Å². The second-order valence-electron chi connectivity index (χ2n) is 8.30. The molecule has 0 bridgehead atoms. The number of halogens is 3. The molecule has 2 aromatic carbocycles. The van der Waals surface area contributed by atoms with Crippen LogP contribution in [0.2, 0.25) is 10.0 Å². The minimum atomic E-state index is -0.519. The maximum atomic E-state index is 12.1. The van der Waals surface area contributed by atoms with Crippen LogP contribution in [0.25, 0.3) is 22.4 Å². The first-order chi connectivity index (χ1) is 15.2. The first-order valence-electron chi connectivity index (χ1n) is 10.1. The van der Waals surface area contributed by atoms with E-state index in [1.54, 1.807) is 0 Å². The van der Waals surface area contributed by atoms with E-state index in [0.717, 1.165) is 26.7 Å². The van der Waals surface area contributed by atoms with Crippen LogP contribution in [0.15, 0.2) is 53.0 Å². The fourth-order valence-electron chi connectivity index (χ4n) is 3.87. The molecule has 5 nitrogen and oxygen atoms in total. The summed E-state index contributed by atoms with van der Waals surface area (Å²) >= 11 is 16.2. The van der Waals surface area contributed by atoms with Crippen molar-refractivity contribution in [3.63, 3.8) is 0 Å². The summed E-state index contributed by atoms with van der Waals surface area (Å²) in [5, 5.41) is 4.21. The van der Waals surface area contributed by atoms with Crippen LogP contribution in [0.1, 0.15) is 31.9 Å². The average molecular weight is 535 g/mol. The highest BCUT2D eigenvalue weighted by Gasteiger charge is 2.36. The lowest BCUT2D eigenvalue weighted by Gasteiger charge is -2.37. The van der Waals surface area contributed by atoms with Crippen LogP contribution < -0.4 is 15.8 Å². The molecule has 1 atom stereocenters. The van der Waals surface area contributed by atoms with E-state index in [4.69, 9.17) is 38.7 Å². The second-order valence-corrected chi connectivity index (χ2v) is 10.1. The molecule has 4 rings (SSSR count). The summed E-state index contributed by atoms with van der Waals surface area (Å²) in [6, 6.07) is 14.9. The highest BCUT2D eigenvalue weighted by atomic mass is 79.9. The number of hydrogen-bond donors (Lipinski definition) is 2. The Morgan fingerprint density at radius 2 is 1.91 bits per heavy atom. The van der Waals surface area contributed by atoms with Gasteiger partial charge in [-0.2, -0.15) is 0 Å². The highest BCUT2D eigenvalue weighted by molar-refractivity contribution is 9.10. The van der Waals surface area contributed by atoms with E-state index in [1.807, 2.05) is 62.4 Å². The number of carbonyl (C=O) groups excluding carboxylic acids is 1. The Morgan fingerprint density at radius 1 is 1.19 bits per heavy atom. The Labute approximate surface area is 205 Å². The number of nitrogens with two attached hydrogens (primary N) is 1. The van der Waals surface area contributed by atoms with Crippen LogP contribution in [0, 0.1) is 0 Å². The summed E-state index contributed by atoms with van der Waals surface area (Å²) in [6.07, 6.45) is 0.589. The lowest BCUT2D eigenvalue weighted by molar-refractivity contribution is -0.121. The zero-order valence-electron chi connectivity index (χ0n) is 17.6. The molecule has 0 spiro atoms. The van der Waals surface area contributed by atoms with Crippen molar-refractivity contribution < 1.29 is 9.53 Å². The van der Waals surface area contributed by atoms with Gasteiger partial charge in [-0.05, 0) is 49.7 Å². The third-order valence-electron chi connectivity index (χ3n) is 5.32. The molecule has 32 heavy (non-hydrogen) atoms. The molecule has 1 unspecified atom stereocenters. The van der Waals surface area contributed by atoms with Gasteiger partial charge in [0.05, 0.1) is 23.3 Å². The number of nitrogens with one attached hydrogen (secondary N) is 1. The molecule has 0 saturated heterocycles. The van der Waals surface area contributed by atoms with E-state index in [1.165, 1.54) is 0 Å². The van der Waals surface area contributed by atoms with Crippen LogP contribution in [0.3, 0.4) is 0 Å². The van der Waals surface area contributed by atoms with Crippen molar-refractivity contribution in [1.82, 2.24) is 10.3 Å². The molecule has 166 valence electrons. The van der Waals surface area contributed by atoms with Crippen LogP contribution in [-0.4, -0.2) is 23.0 Å². The number of amides is 1. The smallest absolute Gasteiger partial charge is 0.234 e. The van der Waals surface area contributed by atoms with Crippen molar-refractivity contribution in [2.45, 2.75) is 31.9 Å². The third kappa shape index (κ3) is 4.79. The zero-order valence-corrected chi connectivity index (χ0v) is 20.7. The van der Waals surface area contributed by atoms with Crippen molar-refractivity contribution >= 4 is 45.0 Å². The summed E-state index contributed by atoms with van der Waals surface area (Å²) < 4.78 is 7.11. The minimum absolute atomic E-state index is 0.0861. The molecule has 0 aliphatic carbocycles. The van der Waals surface area contributed by atoms with Crippen LogP contribution in [0.5, 0.6) is 5.88 Å². The zero-order chi connectivity index (χ0) is 23.0. The predicted octanol–water partition coefficient (Wildman–Crippen LogP) is 6.16. The third-order valence-corrected chi connectivity index (χ3v) is 6.38. The second kappa shape index (κ2) is 9.02. The van der Waals surface area contributed by atoms with E-state index in [9.17, 15) is 4.79 Å². The molecule has 1 aromatic heterocycles. The number of pyridine rings is 1. The first kappa shape index (κ1) is 23.1. The number of hydrogen-bond acceptors (Lipinski definition) is 4. The molecule has 0 radical (unpaired) electrons. The van der Waals surface area contributed by atoms with Gasteiger partial charge >= 0.3 is 0 Å². The van der Waals surface area contributed by atoms with Gasteiger partial charge in [-0.1, -0.05) is 57.3 Å². The molecular weight excluding hydrogens is 513 g/mol. The SMILES string of the molecule is CC1(C)CC(NC(=O)CN)c2cc(-c3ccc(Cl)cc3)c(-c3ccc(Br)cc3Cl)nc2O1. The van der Waals surface area contributed by atoms with Gasteiger partial charge < -0.3 is 15.8 Å². The van der Waals surface area contributed by atoms with Crippen LogP contribution in [0.4, 0.5) is 0 Å². The van der Waals surface area contributed by atoms with Gasteiger partial charge in [-0.15, -0.1) is 0 Å². The molecule has 0 saturated carbocycles. The monoisotopic (exact) mass is 533 g/mol. The number of aromatic nitrogens is 1. The molecule has 0 fully saturated rings. The summed E-state index contributed by atoms with van der Waals surface area (Å²) in [5.74, 6) is 0.238. The van der Waals surface area contributed by atoms with E-state index in [0.29, 0.717) is 28.0 Å². The predicted molar refractivity (Wildman–Crippen MR) is 132 cm³/mol. The lowest BCUT2D eigenvalue weighted by atomic mass is 9.88. The van der Waals surface area contributed by atoms with Crippen molar-refractivity contribution in [2.24, 2.45) is 5.73 Å². The Balaban J connectivity index is 1.95. The Bertz CT molecular complexity index is 1180. The lowest BCUT2D eigenvalue weighted by Crippen LogP contribution is -2.43. The molecule has 8 heteroatoms. The van der Waals surface area contributed by atoms with Crippen molar-refractivity contribution in [3.8, 4) is 28.3 Å². The van der Waals surface area contributed by atoms with Gasteiger partial charge in [0.1, 0.15) is 5.60 Å². The van der Waals surface area contributed by atoms with Gasteiger partial charge in [-0.25, -0.2) is 4.98 Å². The van der Waals surface area contributed by atoms with Gasteiger partial charge in [0.2, 0.25) is 11.8 Å². The largest absolute Gasteiger partial charge is 0.471 e. The standard InChI is InChI=1S/C24H22BrCl2N3O2/c1-24(2)11-20(29-21(31)12-28)18-10-17(13-3-6-15(26)7-4-13)22(30-23(18)32-24)16-8-5-14(25)9-19(16)27/h3-10,20H,11-12,28H2,1-2H3,(H,29,31). The molecule has 2 heterocycles. The fraction of sp³-hybridized carbons (Fsp3) is 0.250. The van der Waals surface area contributed by atoms with Gasteiger partial charge in [0.25, 0.3) is 0 Å². The summed E-state index contributed by atoms with van der Waals surface area (Å²) in [4.78, 5) is 17.0. The molecule has 1 aliphatic rings. The Morgan fingerprint density at radius 3 is 2.56 bits per heavy atom. The quantitative estimate of drug-likeness (QED) is 0.420. The minimum Gasteiger partial charge on any atom is -0.471 e. The van der Waals surface area contributed by atoms with E-state index >= 15 is 0 Å². The number of nitrogens with zero attached hydrogens (tertiary/aromatic N) is 1. The topological polar surface area (TPSA) is 77.2 Å². The molecular formula is C24H22BrCl2N3O2. The highest BCUT2D eigenvalue weighted by Crippen LogP contribution is 2.44. The summed E-state index contributed by atoms with van der Waals surface area (Å²) in [7, 11) is 0. The van der Waals surface area contributed by atoms with E-state index in [-0.39, 0.29) is 18.5 Å². The first-order valence-corrected chi connectivity index (χ1v) is 11.7. The fourth-order valence-corrected chi connectivity index (χ4v) is 4.76. The summed E-state index contributed by atoms with van der Waals surface area (Å²) in [5.41, 5.74) is 9.08. The van der Waals surface area contributed by atoms with Gasteiger partial charge in [0, 0.05) is 32.6 Å². The molecule has 1 amide bonds. The van der Waals surface area contributed by atoms with Crippen molar-refractivity contribution in [3.05, 3.63) is 68.6 Å². The maximum Gasteiger partial charge on any atom is 0.234 e. The average Bonchev–Trinajstić information content (AvgIpc) is 2.73. The summed E-state index contributed by atoms with van der Waals surface area (Å²) in [6.45, 7) is 3.86. The normalized spacial score (nSPS) is 16.8. The van der Waals surface area contributed by atoms with Crippen LogP contribution >= 0.6 is 39.1 Å². The number of carbonyl (C=O) groups is 1. The number of benzene rings is 2. The van der Waals surface area contributed by atoms with Crippen molar-refractivity contribution in [2.75, 3.05) is 6.54 Å². The molecule has 3 aromatic rings. The van der Waals surface area contributed by atoms with Gasteiger partial charge in [0.15, 0.2) is 0 Å². The molecule has 1 aliphatic heterocycles. The maximum absolute atomic E-state index is 12.1. The van der Waals surface area contributed by atoms with Crippen LogP contribution in [-0.2, 0) is 4.79 Å².